The molecular formula is C14H29NO3. The maximum atomic E-state index is 11.6. The van der Waals surface area contributed by atoms with Crippen LogP contribution in [0.2, 0.25) is 0 Å². The van der Waals surface area contributed by atoms with Crippen LogP contribution in [-0.4, -0.2) is 31.8 Å². The zero-order valence-electron chi connectivity index (χ0n) is 12.5. The van der Waals surface area contributed by atoms with Crippen LogP contribution in [0.3, 0.4) is 0 Å². The van der Waals surface area contributed by atoms with Crippen molar-refractivity contribution < 1.29 is 14.3 Å². The number of carbonyl (C=O) groups excluding carboxylic acids is 1. The summed E-state index contributed by atoms with van der Waals surface area (Å²) in [5, 5.41) is 0. The van der Waals surface area contributed by atoms with Crippen LogP contribution < -0.4 is 5.73 Å². The molecule has 4 nitrogen and oxygen atoms in total. The molecule has 0 heterocycles. The Labute approximate surface area is 111 Å². The fraction of sp³-hybridized carbons (Fsp3) is 0.929. The lowest BCUT2D eigenvalue weighted by Gasteiger charge is -2.22. The summed E-state index contributed by atoms with van der Waals surface area (Å²) in [6, 6.07) is 0. The first-order valence-electron chi connectivity index (χ1n) is 6.71. The molecule has 0 aliphatic heterocycles. The van der Waals surface area contributed by atoms with Crippen LogP contribution in [0.5, 0.6) is 0 Å². The molecule has 1 unspecified atom stereocenters. The van der Waals surface area contributed by atoms with E-state index in [4.69, 9.17) is 15.2 Å². The quantitative estimate of drug-likeness (QED) is 0.646. The van der Waals surface area contributed by atoms with Gasteiger partial charge in [0.05, 0.1) is 12.2 Å². The average Bonchev–Trinajstić information content (AvgIpc) is 2.27. The monoisotopic (exact) mass is 259 g/mol. The summed E-state index contributed by atoms with van der Waals surface area (Å²) in [4.78, 5) is 11.6. The topological polar surface area (TPSA) is 61.5 Å². The van der Waals surface area contributed by atoms with Crippen molar-refractivity contribution in [3.63, 3.8) is 0 Å². The van der Waals surface area contributed by atoms with Crippen LogP contribution in [0.4, 0.5) is 0 Å². The minimum absolute atomic E-state index is 0.155. The lowest BCUT2D eigenvalue weighted by atomic mass is 9.94. The van der Waals surface area contributed by atoms with E-state index in [1.807, 2.05) is 13.8 Å². The Hall–Kier alpha value is -0.610. The summed E-state index contributed by atoms with van der Waals surface area (Å²) in [6.45, 7) is 9.16. The van der Waals surface area contributed by atoms with Gasteiger partial charge in [0.1, 0.15) is 0 Å². The van der Waals surface area contributed by atoms with E-state index in [0.29, 0.717) is 31.9 Å². The van der Waals surface area contributed by atoms with E-state index >= 15 is 0 Å². The number of esters is 1. The molecule has 0 aromatic heterocycles. The molecule has 0 aliphatic rings. The first-order valence-corrected chi connectivity index (χ1v) is 6.71. The third kappa shape index (κ3) is 8.48. The Morgan fingerprint density at radius 1 is 1.33 bits per heavy atom. The molecule has 18 heavy (non-hydrogen) atoms. The van der Waals surface area contributed by atoms with Crippen molar-refractivity contribution in [2.45, 2.75) is 52.6 Å². The van der Waals surface area contributed by atoms with Crippen molar-refractivity contribution in [1.29, 1.82) is 0 Å². The fourth-order valence-corrected chi connectivity index (χ4v) is 1.74. The molecule has 0 rings (SSSR count). The zero-order valence-corrected chi connectivity index (χ0v) is 12.5. The first-order chi connectivity index (χ1) is 8.30. The highest BCUT2D eigenvalue weighted by Crippen LogP contribution is 2.16. The van der Waals surface area contributed by atoms with Gasteiger partial charge in [0, 0.05) is 20.0 Å². The van der Waals surface area contributed by atoms with Gasteiger partial charge in [-0.15, -0.1) is 0 Å². The highest BCUT2D eigenvalue weighted by atomic mass is 16.5. The van der Waals surface area contributed by atoms with Gasteiger partial charge in [-0.3, -0.25) is 4.79 Å². The van der Waals surface area contributed by atoms with E-state index in [1.165, 1.54) is 0 Å². The number of hydrogen-bond donors (Lipinski definition) is 1. The molecule has 0 amide bonds. The van der Waals surface area contributed by atoms with Crippen LogP contribution in [0.25, 0.3) is 0 Å². The van der Waals surface area contributed by atoms with Crippen molar-refractivity contribution in [2.24, 2.45) is 17.6 Å². The first kappa shape index (κ1) is 17.4. The SMILES string of the molecule is COC(C)(C)CCOC(=O)CC(CN)CC(C)C. The number of nitrogens with two attached hydrogens (primary N) is 1. The number of ether oxygens (including phenoxy) is 2. The summed E-state index contributed by atoms with van der Waals surface area (Å²) < 4.78 is 10.5. The molecule has 0 bridgehead atoms. The van der Waals surface area contributed by atoms with Gasteiger partial charge in [-0.2, -0.15) is 0 Å². The average molecular weight is 259 g/mol. The van der Waals surface area contributed by atoms with Crippen LogP contribution in [0.1, 0.15) is 47.0 Å². The molecule has 0 saturated heterocycles. The van der Waals surface area contributed by atoms with Crippen LogP contribution in [0.15, 0.2) is 0 Å². The van der Waals surface area contributed by atoms with Crippen molar-refractivity contribution in [1.82, 2.24) is 0 Å². The Bertz CT molecular complexity index is 239. The predicted octanol–water partition coefficient (Wildman–Crippen LogP) is 2.36. The number of hydrogen-bond acceptors (Lipinski definition) is 4. The van der Waals surface area contributed by atoms with Crippen molar-refractivity contribution in [3.8, 4) is 0 Å². The molecule has 0 aliphatic carbocycles. The van der Waals surface area contributed by atoms with Crippen molar-refractivity contribution in [3.05, 3.63) is 0 Å². The van der Waals surface area contributed by atoms with Crippen LogP contribution in [-0.2, 0) is 14.3 Å². The van der Waals surface area contributed by atoms with Gasteiger partial charge in [0.15, 0.2) is 0 Å². The van der Waals surface area contributed by atoms with E-state index < -0.39 is 0 Å². The minimum atomic E-state index is -0.245. The zero-order chi connectivity index (χ0) is 14.2. The molecule has 2 N–H and O–H groups in total. The van der Waals surface area contributed by atoms with Gasteiger partial charge in [0.25, 0.3) is 0 Å². The van der Waals surface area contributed by atoms with Crippen molar-refractivity contribution >= 4 is 5.97 Å². The molecule has 0 fully saturated rings. The van der Waals surface area contributed by atoms with Crippen LogP contribution in [0, 0.1) is 11.8 Å². The Balaban J connectivity index is 3.89. The number of carbonyl (C=O) groups is 1. The van der Waals surface area contributed by atoms with E-state index in [-0.39, 0.29) is 17.5 Å². The minimum Gasteiger partial charge on any atom is -0.466 e. The molecule has 0 spiro atoms. The summed E-state index contributed by atoms with van der Waals surface area (Å²) in [5.74, 6) is 0.629. The highest BCUT2D eigenvalue weighted by molar-refractivity contribution is 5.69. The Morgan fingerprint density at radius 3 is 2.39 bits per heavy atom. The van der Waals surface area contributed by atoms with E-state index in [0.717, 1.165) is 6.42 Å². The summed E-state index contributed by atoms with van der Waals surface area (Å²) in [5.41, 5.74) is 5.42. The second-order valence-corrected chi connectivity index (χ2v) is 5.87. The summed E-state index contributed by atoms with van der Waals surface area (Å²) in [7, 11) is 1.66. The summed E-state index contributed by atoms with van der Waals surface area (Å²) in [6.07, 6.45) is 2.09. The maximum Gasteiger partial charge on any atom is 0.306 e. The number of rotatable bonds is 9. The smallest absolute Gasteiger partial charge is 0.306 e. The molecule has 108 valence electrons. The molecular weight excluding hydrogens is 230 g/mol. The van der Waals surface area contributed by atoms with Crippen molar-refractivity contribution in [2.75, 3.05) is 20.3 Å². The van der Waals surface area contributed by atoms with Gasteiger partial charge >= 0.3 is 5.97 Å². The van der Waals surface area contributed by atoms with E-state index in [2.05, 4.69) is 13.8 Å². The maximum absolute atomic E-state index is 11.6. The number of methoxy groups -OCH3 is 1. The highest BCUT2D eigenvalue weighted by Gasteiger charge is 2.18. The molecule has 4 heteroatoms. The summed E-state index contributed by atoms with van der Waals surface area (Å²) >= 11 is 0. The van der Waals surface area contributed by atoms with E-state index in [9.17, 15) is 4.79 Å². The molecule has 0 saturated carbocycles. The lowest BCUT2D eigenvalue weighted by Crippen LogP contribution is -2.26. The molecule has 0 aromatic carbocycles. The van der Waals surface area contributed by atoms with Gasteiger partial charge in [-0.1, -0.05) is 13.8 Å². The van der Waals surface area contributed by atoms with Gasteiger partial charge in [-0.25, -0.2) is 0 Å². The standard InChI is InChI=1S/C14H29NO3/c1-11(2)8-12(10-15)9-13(16)18-7-6-14(3,4)17-5/h11-12H,6-10,15H2,1-5H3. The predicted molar refractivity (Wildman–Crippen MR) is 73.3 cm³/mol. The largest absolute Gasteiger partial charge is 0.466 e. The van der Waals surface area contributed by atoms with E-state index in [1.54, 1.807) is 7.11 Å². The molecule has 0 radical (unpaired) electrons. The second-order valence-electron chi connectivity index (χ2n) is 5.87. The van der Waals surface area contributed by atoms with Gasteiger partial charge in [0.2, 0.25) is 0 Å². The van der Waals surface area contributed by atoms with Gasteiger partial charge in [-0.05, 0) is 38.6 Å². The third-order valence-corrected chi connectivity index (χ3v) is 3.11. The molecule has 1 atom stereocenters. The Kier molecular flexibility index (Phi) is 8.20. The van der Waals surface area contributed by atoms with Crippen LogP contribution >= 0.6 is 0 Å². The second kappa shape index (κ2) is 8.48. The van der Waals surface area contributed by atoms with Gasteiger partial charge < -0.3 is 15.2 Å². The molecule has 0 aromatic rings. The third-order valence-electron chi connectivity index (χ3n) is 3.11. The fourth-order valence-electron chi connectivity index (χ4n) is 1.74. The Morgan fingerprint density at radius 2 is 1.94 bits per heavy atom. The normalized spacial score (nSPS) is 13.7. The lowest BCUT2D eigenvalue weighted by molar-refractivity contribution is -0.146.